The first-order valence-corrected chi connectivity index (χ1v) is 16.2. The van der Waals surface area contributed by atoms with Crippen molar-refractivity contribution in [1.29, 1.82) is 0 Å². The summed E-state index contributed by atoms with van der Waals surface area (Å²) in [4.78, 5) is 33.1. The Hall–Kier alpha value is -2.48. The summed E-state index contributed by atoms with van der Waals surface area (Å²) in [6.45, 7) is 5.89. The number of rotatable bonds is 7. The number of halogens is 3. The van der Waals surface area contributed by atoms with Crippen molar-refractivity contribution in [2.24, 2.45) is 4.99 Å². The van der Waals surface area contributed by atoms with Crippen molar-refractivity contribution >= 4 is 85.9 Å². The van der Waals surface area contributed by atoms with Crippen LogP contribution in [0, 0.1) is 7.14 Å². The Bertz CT molecular complexity index is 1830. The molecular formula is C31H25ClI2N2O4S. The van der Waals surface area contributed by atoms with Crippen molar-refractivity contribution in [1.82, 2.24) is 4.57 Å². The number of hydrogen-bond donors (Lipinski definition) is 0. The molecule has 10 heteroatoms. The number of carbonyl (C=O) groups excluding carboxylic acids is 1. The van der Waals surface area contributed by atoms with Crippen LogP contribution in [0.5, 0.6) is 5.75 Å². The van der Waals surface area contributed by atoms with Crippen LogP contribution in [-0.4, -0.2) is 23.2 Å². The number of hydrogen-bond acceptors (Lipinski definition) is 6. The summed E-state index contributed by atoms with van der Waals surface area (Å²) in [6, 6.07) is 19.9. The van der Waals surface area contributed by atoms with Crippen molar-refractivity contribution < 1.29 is 14.3 Å². The molecule has 1 aliphatic heterocycles. The molecule has 0 N–H and O–H groups in total. The van der Waals surface area contributed by atoms with Gasteiger partial charge < -0.3 is 9.47 Å². The van der Waals surface area contributed by atoms with E-state index in [0.717, 1.165) is 29.6 Å². The van der Waals surface area contributed by atoms with Crippen molar-refractivity contribution in [3.63, 3.8) is 0 Å². The van der Waals surface area contributed by atoms with E-state index in [1.807, 2.05) is 74.5 Å². The van der Waals surface area contributed by atoms with Crippen LogP contribution in [0.1, 0.15) is 43.5 Å². The SMILES string of the molecule is CCOC(=O)C1=C(c2ccccc2)N=c2s/c(=C\c3cc(I)cc(I)c3OC(C)C)c(=O)n2[C@H]1c1ccc(Cl)cc1. The van der Waals surface area contributed by atoms with E-state index < -0.39 is 12.0 Å². The highest BCUT2D eigenvalue weighted by Gasteiger charge is 2.35. The molecule has 0 unspecified atom stereocenters. The third-order valence-corrected chi connectivity index (χ3v) is 8.90. The average Bonchev–Trinajstić information content (AvgIpc) is 3.25. The molecule has 5 rings (SSSR count). The van der Waals surface area contributed by atoms with Crippen LogP contribution >= 0.6 is 68.1 Å². The van der Waals surface area contributed by atoms with E-state index in [4.69, 9.17) is 26.1 Å². The van der Waals surface area contributed by atoms with E-state index in [1.54, 1.807) is 23.6 Å². The first kappa shape index (κ1) is 30.0. The molecule has 0 saturated heterocycles. The van der Waals surface area contributed by atoms with Crippen LogP contribution < -0.4 is 19.6 Å². The van der Waals surface area contributed by atoms with Gasteiger partial charge in [-0.15, -0.1) is 0 Å². The van der Waals surface area contributed by atoms with Gasteiger partial charge in [-0.05, 0) is 102 Å². The highest BCUT2D eigenvalue weighted by molar-refractivity contribution is 14.1. The molecule has 1 aliphatic rings. The van der Waals surface area contributed by atoms with E-state index in [1.165, 1.54) is 11.3 Å². The molecule has 0 bridgehead atoms. The number of benzene rings is 3. The number of carbonyl (C=O) groups is 1. The normalized spacial score (nSPS) is 15.1. The smallest absolute Gasteiger partial charge is 0.338 e. The standard InChI is InChI=1S/C31H25ClI2N2O4S/c1-4-39-30(38)25-26(18-8-6-5-7-9-18)35-31-36(27(25)19-10-12-21(32)13-11-19)29(37)24(41-31)15-20-14-22(33)16-23(34)28(20)40-17(2)3/h5-17,27H,4H2,1-3H3/b24-15-/t27-/m0/s1. The molecule has 2 heterocycles. The summed E-state index contributed by atoms with van der Waals surface area (Å²) < 4.78 is 15.7. The van der Waals surface area contributed by atoms with Crippen molar-refractivity contribution in [3.05, 3.63) is 121 Å². The number of esters is 1. The Morgan fingerprint density at radius 2 is 1.83 bits per heavy atom. The van der Waals surface area contributed by atoms with Gasteiger partial charge >= 0.3 is 5.97 Å². The largest absolute Gasteiger partial charge is 0.489 e. The Kier molecular flexibility index (Phi) is 9.37. The van der Waals surface area contributed by atoms with Crippen molar-refractivity contribution in [3.8, 4) is 5.75 Å². The monoisotopic (exact) mass is 810 g/mol. The molecule has 3 aromatic carbocycles. The Morgan fingerprint density at radius 1 is 1.12 bits per heavy atom. The fourth-order valence-electron chi connectivity index (χ4n) is 4.59. The molecule has 1 aromatic heterocycles. The van der Waals surface area contributed by atoms with Gasteiger partial charge in [0.2, 0.25) is 0 Å². The second-order valence-electron chi connectivity index (χ2n) is 9.46. The van der Waals surface area contributed by atoms with Gasteiger partial charge in [0.15, 0.2) is 4.80 Å². The van der Waals surface area contributed by atoms with E-state index in [-0.39, 0.29) is 18.3 Å². The van der Waals surface area contributed by atoms with Gasteiger partial charge in [0.25, 0.3) is 5.56 Å². The number of aromatic nitrogens is 1. The zero-order valence-electron chi connectivity index (χ0n) is 22.4. The Balaban J connectivity index is 1.83. The molecule has 0 spiro atoms. The lowest BCUT2D eigenvalue weighted by molar-refractivity contribution is -0.138. The van der Waals surface area contributed by atoms with E-state index in [9.17, 15) is 9.59 Å². The fourth-order valence-corrected chi connectivity index (χ4v) is 7.72. The predicted molar refractivity (Wildman–Crippen MR) is 180 cm³/mol. The molecular weight excluding hydrogens is 786 g/mol. The first-order valence-electron chi connectivity index (χ1n) is 12.9. The maximum absolute atomic E-state index is 14.2. The molecule has 1 atom stereocenters. The Morgan fingerprint density at radius 3 is 2.49 bits per heavy atom. The summed E-state index contributed by atoms with van der Waals surface area (Å²) in [5, 5.41) is 0.553. The summed E-state index contributed by atoms with van der Waals surface area (Å²) >= 11 is 12.0. The number of ether oxygens (including phenoxy) is 2. The van der Waals surface area contributed by atoms with Gasteiger partial charge in [0.1, 0.15) is 5.75 Å². The fraction of sp³-hybridized carbons (Fsp3) is 0.194. The van der Waals surface area contributed by atoms with Crippen LogP contribution in [0.25, 0.3) is 11.8 Å². The minimum absolute atomic E-state index is 0.0394. The lowest BCUT2D eigenvalue weighted by Gasteiger charge is -2.26. The molecule has 4 aromatic rings. The highest BCUT2D eigenvalue weighted by atomic mass is 127. The highest BCUT2D eigenvalue weighted by Crippen LogP contribution is 2.36. The van der Waals surface area contributed by atoms with Crippen molar-refractivity contribution in [2.75, 3.05) is 6.61 Å². The molecule has 41 heavy (non-hydrogen) atoms. The zero-order chi connectivity index (χ0) is 29.3. The molecule has 0 aliphatic carbocycles. The van der Waals surface area contributed by atoms with Gasteiger partial charge in [0.05, 0.1) is 38.1 Å². The maximum atomic E-state index is 14.2. The van der Waals surface area contributed by atoms with Crippen LogP contribution in [0.3, 0.4) is 0 Å². The van der Waals surface area contributed by atoms with Gasteiger partial charge in [0, 0.05) is 19.7 Å². The Labute approximate surface area is 273 Å². The molecule has 0 saturated carbocycles. The molecule has 0 radical (unpaired) electrons. The minimum atomic E-state index is -0.762. The summed E-state index contributed by atoms with van der Waals surface area (Å²) in [7, 11) is 0. The van der Waals surface area contributed by atoms with Gasteiger partial charge in [-0.1, -0.05) is 65.4 Å². The van der Waals surface area contributed by atoms with Gasteiger partial charge in [-0.2, -0.15) is 0 Å². The number of thiazole rings is 1. The molecule has 0 fully saturated rings. The number of nitrogens with zero attached hydrogens (tertiary/aromatic N) is 2. The third kappa shape index (κ3) is 6.32. The summed E-state index contributed by atoms with van der Waals surface area (Å²) in [6.07, 6.45) is 1.81. The van der Waals surface area contributed by atoms with Gasteiger partial charge in [-0.25, -0.2) is 9.79 Å². The second-order valence-corrected chi connectivity index (χ2v) is 13.3. The topological polar surface area (TPSA) is 69.9 Å². The second kappa shape index (κ2) is 12.8. The average molecular weight is 811 g/mol. The van der Waals surface area contributed by atoms with E-state index in [2.05, 4.69) is 45.2 Å². The quantitative estimate of drug-likeness (QED) is 0.156. The van der Waals surface area contributed by atoms with Crippen molar-refractivity contribution in [2.45, 2.75) is 32.9 Å². The third-order valence-electron chi connectivity index (χ3n) is 6.24. The lowest BCUT2D eigenvalue weighted by atomic mass is 9.93. The van der Waals surface area contributed by atoms with E-state index >= 15 is 0 Å². The van der Waals surface area contributed by atoms with Crippen LogP contribution in [0.15, 0.2) is 82.1 Å². The van der Waals surface area contributed by atoms with Crippen LogP contribution in [0.4, 0.5) is 0 Å². The summed E-state index contributed by atoms with van der Waals surface area (Å²) in [5.41, 5.74) is 2.80. The molecule has 6 nitrogen and oxygen atoms in total. The molecule has 0 amide bonds. The zero-order valence-corrected chi connectivity index (χ0v) is 28.2. The molecule has 210 valence electrons. The maximum Gasteiger partial charge on any atom is 0.338 e. The summed E-state index contributed by atoms with van der Waals surface area (Å²) in [5.74, 6) is 0.197. The van der Waals surface area contributed by atoms with E-state index in [0.29, 0.717) is 25.6 Å². The number of fused-ring (bicyclic) bond motifs is 1. The van der Waals surface area contributed by atoms with Crippen LogP contribution in [0.2, 0.25) is 5.02 Å². The minimum Gasteiger partial charge on any atom is -0.489 e. The lowest BCUT2D eigenvalue weighted by Crippen LogP contribution is -2.40. The van der Waals surface area contributed by atoms with Gasteiger partial charge in [-0.3, -0.25) is 9.36 Å². The first-order chi connectivity index (χ1) is 19.7. The predicted octanol–water partition coefficient (Wildman–Crippen LogP) is 6.59. The van der Waals surface area contributed by atoms with Crippen LogP contribution in [-0.2, 0) is 9.53 Å².